The van der Waals surface area contributed by atoms with Gasteiger partial charge in [0.05, 0.1) is 13.2 Å². The monoisotopic (exact) mass is 336 g/mol. The summed E-state index contributed by atoms with van der Waals surface area (Å²) in [5, 5.41) is 2.99. The number of carbonyl (C=O) groups excluding carboxylic acids is 1. The number of halogens is 2. The van der Waals surface area contributed by atoms with Gasteiger partial charge in [0.25, 0.3) is 5.91 Å². The highest BCUT2D eigenvalue weighted by Gasteiger charge is 2.16. The molecular formula is C17H18F2N2O3. The number of ether oxygens (including phenoxy) is 2. The number of methoxy groups -OCH3 is 1. The summed E-state index contributed by atoms with van der Waals surface area (Å²) in [7, 11) is 1.46. The van der Waals surface area contributed by atoms with E-state index in [0.29, 0.717) is 17.2 Å². The Balaban J connectivity index is 2.23. The third kappa shape index (κ3) is 4.13. The number of primary amides is 1. The van der Waals surface area contributed by atoms with Crippen LogP contribution in [0.5, 0.6) is 11.5 Å². The molecule has 0 aromatic heterocycles. The molecule has 0 fully saturated rings. The van der Waals surface area contributed by atoms with Crippen LogP contribution < -0.4 is 20.5 Å². The van der Waals surface area contributed by atoms with Gasteiger partial charge in [0, 0.05) is 17.3 Å². The second kappa shape index (κ2) is 7.63. The van der Waals surface area contributed by atoms with Crippen molar-refractivity contribution in [2.24, 2.45) is 5.73 Å². The highest BCUT2D eigenvalue weighted by molar-refractivity contribution is 5.75. The number of rotatable bonds is 7. The zero-order valence-corrected chi connectivity index (χ0v) is 13.3. The molecule has 0 saturated carbocycles. The van der Waals surface area contributed by atoms with Crippen LogP contribution in [-0.2, 0) is 4.79 Å². The van der Waals surface area contributed by atoms with Gasteiger partial charge in [-0.05, 0) is 31.2 Å². The molecule has 0 aliphatic rings. The van der Waals surface area contributed by atoms with Crippen molar-refractivity contribution < 1.29 is 23.0 Å². The molecule has 2 aromatic carbocycles. The smallest absolute Gasteiger partial charge is 0.255 e. The molecule has 2 aromatic rings. The quantitative estimate of drug-likeness (QED) is 0.815. The van der Waals surface area contributed by atoms with Crippen molar-refractivity contribution in [1.82, 2.24) is 0 Å². The van der Waals surface area contributed by atoms with E-state index in [2.05, 4.69) is 5.32 Å². The van der Waals surface area contributed by atoms with Crippen LogP contribution in [0.1, 0.15) is 18.5 Å². The van der Waals surface area contributed by atoms with Gasteiger partial charge in [-0.3, -0.25) is 4.79 Å². The van der Waals surface area contributed by atoms with Crippen LogP contribution in [0.25, 0.3) is 0 Å². The Labute approximate surface area is 138 Å². The number of anilines is 1. The van der Waals surface area contributed by atoms with E-state index >= 15 is 0 Å². The normalized spacial score (nSPS) is 11.7. The fourth-order valence-electron chi connectivity index (χ4n) is 2.27. The van der Waals surface area contributed by atoms with E-state index in [0.717, 1.165) is 0 Å². The van der Waals surface area contributed by atoms with Crippen molar-refractivity contribution in [2.45, 2.75) is 13.0 Å². The molecule has 128 valence electrons. The number of hydrogen-bond donors (Lipinski definition) is 2. The summed E-state index contributed by atoms with van der Waals surface area (Å²) >= 11 is 0. The molecule has 1 atom stereocenters. The first-order chi connectivity index (χ1) is 11.4. The molecule has 1 amide bonds. The summed E-state index contributed by atoms with van der Waals surface area (Å²) in [4.78, 5) is 10.9. The summed E-state index contributed by atoms with van der Waals surface area (Å²) in [6, 6.07) is 7.94. The minimum absolute atomic E-state index is 0.0621. The van der Waals surface area contributed by atoms with Crippen molar-refractivity contribution in [3.05, 3.63) is 53.6 Å². The molecule has 0 radical (unpaired) electrons. The van der Waals surface area contributed by atoms with Crippen LogP contribution in [0.4, 0.5) is 14.5 Å². The molecule has 0 heterocycles. The lowest BCUT2D eigenvalue weighted by molar-refractivity contribution is -0.119. The van der Waals surface area contributed by atoms with Crippen molar-refractivity contribution >= 4 is 11.6 Å². The van der Waals surface area contributed by atoms with Crippen molar-refractivity contribution in [3.63, 3.8) is 0 Å². The number of benzene rings is 2. The van der Waals surface area contributed by atoms with Crippen LogP contribution in [0, 0.1) is 11.6 Å². The van der Waals surface area contributed by atoms with Gasteiger partial charge < -0.3 is 20.5 Å². The summed E-state index contributed by atoms with van der Waals surface area (Å²) in [5.74, 6) is -1.19. The molecule has 2 rings (SSSR count). The number of carbonyl (C=O) groups is 1. The highest BCUT2D eigenvalue weighted by Crippen LogP contribution is 2.32. The standard InChI is InChI=1S/C17H18F2N2O3/c1-10(17-12(18)4-3-5-13(17)19)21-11-6-7-14(23-2)15(8-11)24-9-16(20)22/h3-8,10,21H,9H2,1-2H3,(H2,20,22). The van der Waals surface area contributed by atoms with E-state index in [1.807, 2.05) is 0 Å². The molecule has 0 saturated heterocycles. The fraction of sp³-hybridized carbons (Fsp3) is 0.235. The Hall–Kier alpha value is -2.83. The molecule has 24 heavy (non-hydrogen) atoms. The van der Waals surface area contributed by atoms with E-state index in [-0.39, 0.29) is 12.2 Å². The van der Waals surface area contributed by atoms with Crippen LogP contribution in [0.2, 0.25) is 0 Å². The molecule has 0 aliphatic carbocycles. The van der Waals surface area contributed by atoms with Crippen LogP contribution >= 0.6 is 0 Å². The van der Waals surface area contributed by atoms with Crippen molar-refractivity contribution in [2.75, 3.05) is 19.0 Å². The Morgan fingerprint density at radius 3 is 2.46 bits per heavy atom. The predicted octanol–water partition coefficient (Wildman–Crippen LogP) is 3.01. The van der Waals surface area contributed by atoms with E-state index < -0.39 is 23.6 Å². The van der Waals surface area contributed by atoms with E-state index in [9.17, 15) is 13.6 Å². The highest BCUT2D eigenvalue weighted by atomic mass is 19.1. The van der Waals surface area contributed by atoms with Gasteiger partial charge in [-0.1, -0.05) is 6.07 Å². The first kappa shape index (κ1) is 17.5. The number of hydrogen-bond acceptors (Lipinski definition) is 4. The summed E-state index contributed by atoms with van der Waals surface area (Å²) in [6.07, 6.45) is 0. The fourth-order valence-corrected chi connectivity index (χ4v) is 2.27. The van der Waals surface area contributed by atoms with Crippen LogP contribution in [-0.4, -0.2) is 19.6 Å². The third-order valence-corrected chi connectivity index (χ3v) is 3.35. The molecule has 1 unspecified atom stereocenters. The second-order valence-electron chi connectivity index (χ2n) is 5.12. The van der Waals surface area contributed by atoms with Gasteiger partial charge in [0.15, 0.2) is 18.1 Å². The van der Waals surface area contributed by atoms with Gasteiger partial charge in [0.1, 0.15) is 11.6 Å². The molecule has 0 bridgehead atoms. The zero-order valence-electron chi connectivity index (χ0n) is 13.3. The van der Waals surface area contributed by atoms with E-state index in [1.165, 1.54) is 25.3 Å². The van der Waals surface area contributed by atoms with E-state index in [4.69, 9.17) is 15.2 Å². The number of amides is 1. The summed E-state index contributed by atoms with van der Waals surface area (Å²) in [6.45, 7) is 1.33. The molecule has 0 spiro atoms. The van der Waals surface area contributed by atoms with Crippen molar-refractivity contribution in [1.29, 1.82) is 0 Å². The lowest BCUT2D eigenvalue weighted by Crippen LogP contribution is -2.20. The summed E-state index contributed by atoms with van der Waals surface area (Å²) < 4.78 is 38.1. The van der Waals surface area contributed by atoms with Gasteiger partial charge in [0.2, 0.25) is 0 Å². The van der Waals surface area contributed by atoms with Gasteiger partial charge in [-0.15, -0.1) is 0 Å². The Bertz CT molecular complexity index is 718. The minimum Gasteiger partial charge on any atom is -0.493 e. The minimum atomic E-state index is -0.631. The first-order valence-electron chi connectivity index (χ1n) is 7.22. The van der Waals surface area contributed by atoms with E-state index in [1.54, 1.807) is 25.1 Å². The lowest BCUT2D eigenvalue weighted by atomic mass is 10.1. The molecular weight excluding hydrogens is 318 g/mol. The van der Waals surface area contributed by atoms with Crippen molar-refractivity contribution in [3.8, 4) is 11.5 Å². The maximum absolute atomic E-state index is 13.8. The van der Waals surface area contributed by atoms with Crippen LogP contribution in [0.3, 0.4) is 0 Å². The molecule has 7 heteroatoms. The topological polar surface area (TPSA) is 73.6 Å². The number of nitrogens with two attached hydrogens (primary N) is 1. The Kier molecular flexibility index (Phi) is 5.57. The zero-order chi connectivity index (χ0) is 17.7. The van der Waals surface area contributed by atoms with Gasteiger partial charge >= 0.3 is 0 Å². The first-order valence-corrected chi connectivity index (χ1v) is 7.22. The molecule has 0 aliphatic heterocycles. The molecule has 3 N–H and O–H groups in total. The maximum Gasteiger partial charge on any atom is 0.255 e. The van der Waals surface area contributed by atoms with Crippen LogP contribution in [0.15, 0.2) is 36.4 Å². The average Bonchev–Trinajstić information content (AvgIpc) is 2.53. The SMILES string of the molecule is COc1ccc(NC(C)c2c(F)cccc2F)cc1OCC(N)=O. The average molecular weight is 336 g/mol. The maximum atomic E-state index is 13.8. The van der Waals surface area contributed by atoms with Gasteiger partial charge in [-0.25, -0.2) is 8.78 Å². The number of nitrogens with one attached hydrogen (secondary N) is 1. The predicted molar refractivity (Wildman–Crippen MR) is 86.1 cm³/mol. The molecule has 5 nitrogen and oxygen atoms in total. The summed E-state index contributed by atoms with van der Waals surface area (Å²) in [5.41, 5.74) is 5.54. The van der Waals surface area contributed by atoms with Gasteiger partial charge in [-0.2, -0.15) is 0 Å². The second-order valence-corrected chi connectivity index (χ2v) is 5.12. The third-order valence-electron chi connectivity index (χ3n) is 3.35. The Morgan fingerprint density at radius 2 is 1.88 bits per heavy atom. The largest absolute Gasteiger partial charge is 0.493 e. The lowest BCUT2D eigenvalue weighted by Gasteiger charge is -2.18. The Morgan fingerprint density at radius 1 is 1.21 bits per heavy atom.